The summed E-state index contributed by atoms with van der Waals surface area (Å²) >= 11 is 0. The topological polar surface area (TPSA) is 66.6 Å². The van der Waals surface area contributed by atoms with Crippen molar-refractivity contribution in [3.63, 3.8) is 0 Å². The van der Waals surface area contributed by atoms with Crippen LogP contribution in [0.2, 0.25) is 0 Å². The van der Waals surface area contributed by atoms with Crippen LogP contribution in [0.5, 0.6) is 0 Å². The fourth-order valence-corrected chi connectivity index (χ4v) is 3.29. The van der Waals surface area contributed by atoms with Crippen LogP contribution in [0.25, 0.3) is 0 Å². The molecule has 2 fully saturated rings. The van der Waals surface area contributed by atoms with Gasteiger partial charge in [0.05, 0.1) is 0 Å². The number of carbonyl (C=O) groups is 2. The number of carbonyl (C=O) groups excluding carboxylic acids is 2. The smallest absolute Gasteiger partial charge is 0.225 e. The zero-order valence-corrected chi connectivity index (χ0v) is 14.4. The van der Waals surface area contributed by atoms with Crippen LogP contribution in [0.1, 0.15) is 51.9 Å². The van der Waals surface area contributed by atoms with Gasteiger partial charge in [-0.3, -0.25) is 9.59 Å². The van der Waals surface area contributed by atoms with Gasteiger partial charge in [-0.2, -0.15) is 0 Å². The van der Waals surface area contributed by atoms with Crippen LogP contribution in [0.15, 0.2) is 0 Å². The molecule has 1 heterocycles. The van der Waals surface area contributed by atoms with Gasteiger partial charge in [0.25, 0.3) is 0 Å². The zero-order chi connectivity index (χ0) is 15.2. The largest absolute Gasteiger partial charge is 0.339 e. The molecule has 128 valence electrons. The molecule has 0 aromatic heterocycles. The molecule has 0 bridgehead atoms. The molecule has 1 atom stereocenters. The van der Waals surface area contributed by atoms with Gasteiger partial charge >= 0.3 is 0 Å². The predicted molar refractivity (Wildman–Crippen MR) is 89.9 cm³/mol. The lowest BCUT2D eigenvalue weighted by atomic mass is 9.88. The number of amides is 2. The van der Waals surface area contributed by atoms with Crippen molar-refractivity contribution in [2.45, 2.75) is 57.9 Å². The number of hydrogen-bond acceptors (Lipinski definition) is 3. The molecule has 0 spiro atoms. The Morgan fingerprint density at radius 1 is 1.05 bits per heavy atom. The Kier molecular flexibility index (Phi) is 8.18. The van der Waals surface area contributed by atoms with Crippen molar-refractivity contribution in [3.05, 3.63) is 0 Å². The highest BCUT2D eigenvalue weighted by atomic mass is 35.5. The third-order valence-electron chi connectivity index (χ3n) is 4.71. The zero-order valence-electron chi connectivity index (χ0n) is 13.6. The SMILES string of the molecule is CC(N)CCC(=O)N1CCN(C(=O)C2CCCCC2)CC1.Cl. The maximum Gasteiger partial charge on any atom is 0.225 e. The second-order valence-corrected chi connectivity index (χ2v) is 6.56. The molecule has 2 rings (SSSR count). The number of hydrogen-bond donors (Lipinski definition) is 1. The van der Waals surface area contributed by atoms with Crippen LogP contribution in [0.4, 0.5) is 0 Å². The van der Waals surface area contributed by atoms with E-state index in [1.165, 1.54) is 19.3 Å². The summed E-state index contributed by atoms with van der Waals surface area (Å²) in [5, 5.41) is 0. The summed E-state index contributed by atoms with van der Waals surface area (Å²) in [5.41, 5.74) is 5.69. The molecule has 2 aliphatic rings. The molecule has 2 N–H and O–H groups in total. The lowest BCUT2D eigenvalue weighted by Gasteiger charge is -2.37. The fraction of sp³-hybridized carbons (Fsp3) is 0.875. The van der Waals surface area contributed by atoms with E-state index >= 15 is 0 Å². The molecule has 1 unspecified atom stereocenters. The third kappa shape index (κ3) is 5.43. The van der Waals surface area contributed by atoms with E-state index in [9.17, 15) is 9.59 Å². The second-order valence-electron chi connectivity index (χ2n) is 6.56. The molecule has 1 saturated heterocycles. The van der Waals surface area contributed by atoms with Crippen LogP contribution >= 0.6 is 12.4 Å². The van der Waals surface area contributed by atoms with Crippen LogP contribution in [0.3, 0.4) is 0 Å². The van der Waals surface area contributed by atoms with E-state index in [4.69, 9.17) is 5.73 Å². The highest BCUT2D eigenvalue weighted by molar-refractivity contribution is 5.85. The van der Waals surface area contributed by atoms with Gasteiger partial charge in [-0.1, -0.05) is 19.3 Å². The first-order valence-corrected chi connectivity index (χ1v) is 8.40. The van der Waals surface area contributed by atoms with Gasteiger partial charge in [-0.25, -0.2) is 0 Å². The minimum Gasteiger partial charge on any atom is -0.339 e. The minimum absolute atomic E-state index is 0. The van der Waals surface area contributed by atoms with E-state index in [-0.39, 0.29) is 30.3 Å². The lowest BCUT2D eigenvalue weighted by molar-refractivity contribution is -0.142. The Bertz CT molecular complexity index is 362. The number of rotatable bonds is 4. The first kappa shape index (κ1) is 19.2. The van der Waals surface area contributed by atoms with Crippen molar-refractivity contribution < 1.29 is 9.59 Å². The van der Waals surface area contributed by atoms with Crippen molar-refractivity contribution in [1.82, 2.24) is 9.80 Å². The minimum atomic E-state index is 0. The summed E-state index contributed by atoms with van der Waals surface area (Å²) in [6.45, 7) is 4.67. The van der Waals surface area contributed by atoms with E-state index in [0.29, 0.717) is 38.5 Å². The number of nitrogens with zero attached hydrogens (tertiary/aromatic N) is 2. The monoisotopic (exact) mass is 331 g/mol. The Balaban J connectivity index is 0.00000242. The average molecular weight is 332 g/mol. The van der Waals surface area contributed by atoms with Crippen LogP contribution in [-0.4, -0.2) is 53.8 Å². The predicted octanol–water partition coefficient (Wildman–Crippen LogP) is 1.79. The normalized spacial score (nSPS) is 21.2. The first-order valence-electron chi connectivity index (χ1n) is 8.40. The summed E-state index contributed by atoms with van der Waals surface area (Å²) in [5.74, 6) is 0.730. The molecular formula is C16H30ClN3O2. The van der Waals surface area contributed by atoms with Gasteiger partial charge in [-0.15, -0.1) is 12.4 Å². The Morgan fingerprint density at radius 2 is 1.59 bits per heavy atom. The molecule has 0 aromatic carbocycles. The van der Waals surface area contributed by atoms with Crippen molar-refractivity contribution in [3.8, 4) is 0 Å². The van der Waals surface area contributed by atoms with E-state index in [0.717, 1.165) is 19.3 Å². The standard InChI is InChI=1S/C16H29N3O2.ClH/c1-13(17)7-8-15(20)18-9-11-19(12-10-18)16(21)14-5-3-2-4-6-14;/h13-14H,2-12,17H2,1H3;1H. The molecule has 5 nitrogen and oxygen atoms in total. The highest BCUT2D eigenvalue weighted by Crippen LogP contribution is 2.25. The van der Waals surface area contributed by atoms with Crippen molar-refractivity contribution >= 4 is 24.2 Å². The van der Waals surface area contributed by atoms with Crippen LogP contribution < -0.4 is 5.73 Å². The van der Waals surface area contributed by atoms with Gasteiger partial charge < -0.3 is 15.5 Å². The number of nitrogens with two attached hydrogens (primary N) is 1. The summed E-state index contributed by atoms with van der Waals surface area (Å²) in [6.07, 6.45) is 7.00. The Hall–Kier alpha value is -0.810. The Morgan fingerprint density at radius 3 is 2.14 bits per heavy atom. The fourth-order valence-electron chi connectivity index (χ4n) is 3.29. The maximum atomic E-state index is 12.5. The van der Waals surface area contributed by atoms with Crippen molar-refractivity contribution in [2.75, 3.05) is 26.2 Å². The van der Waals surface area contributed by atoms with Crippen LogP contribution in [0, 0.1) is 5.92 Å². The van der Waals surface area contributed by atoms with E-state index in [1.54, 1.807) is 0 Å². The molecule has 1 aliphatic carbocycles. The summed E-state index contributed by atoms with van der Waals surface area (Å²) in [4.78, 5) is 28.3. The summed E-state index contributed by atoms with van der Waals surface area (Å²) < 4.78 is 0. The van der Waals surface area contributed by atoms with Gasteiger partial charge in [0.2, 0.25) is 11.8 Å². The molecule has 22 heavy (non-hydrogen) atoms. The van der Waals surface area contributed by atoms with Gasteiger partial charge in [0, 0.05) is 44.6 Å². The Labute approximate surface area is 140 Å². The summed E-state index contributed by atoms with van der Waals surface area (Å²) in [6, 6.07) is 0.0723. The van der Waals surface area contributed by atoms with Crippen molar-refractivity contribution in [2.24, 2.45) is 11.7 Å². The maximum absolute atomic E-state index is 12.5. The average Bonchev–Trinajstić information content (AvgIpc) is 2.53. The molecule has 6 heteroatoms. The van der Waals surface area contributed by atoms with Crippen molar-refractivity contribution in [1.29, 1.82) is 0 Å². The van der Waals surface area contributed by atoms with Gasteiger partial charge in [0.1, 0.15) is 0 Å². The molecule has 2 amide bonds. The quantitative estimate of drug-likeness (QED) is 0.854. The summed E-state index contributed by atoms with van der Waals surface area (Å²) in [7, 11) is 0. The van der Waals surface area contributed by atoms with Gasteiger partial charge in [-0.05, 0) is 26.2 Å². The third-order valence-corrected chi connectivity index (χ3v) is 4.71. The highest BCUT2D eigenvalue weighted by Gasteiger charge is 2.29. The molecular weight excluding hydrogens is 302 g/mol. The van der Waals surface area contributed by atoms with Gasteiger partial charge in [0.15, 0.2) is 0 Å². The molecule has 0 aromatic rings. The number of piperazine rings is 1. The second kappa shape index (κ2) is 9.36. The molecule has 1 saturated carbocycles. The van der Waals surface area contributed by atoms with Crippen LogP contribution in [-0.2, 0) is 9.59 Å². The molecule has 1 aliphatic heterocycles. The lowest BCUT2D eigenvalue weighted by Crippen LogP contribution is -2.52. The molecule has 0 radical (unpaired) electrons. The van der Waals surface area contributed by atoms with E-state index in [1.807, 2.05) is 16.7 Å². The van der Waals surface area contributed by atoms with E-state index < -0.39 is 0 Å². The van der Waals surface area contributed by atoms with E-state index in [2.05, 4.69) is 0 Å². The number of halogens is 1. The first-order chi connectivity index (χ1) is 10.1.